The summed E-state index contributed by atoms with van der Waals surface area (Å²) in [5.41, 5.74) is 0.647. The van der Waals surface area contributed by atoms with Gasteiger partial charge in [-0.05, 0) is 24.6 Å². The summed E-state index contributed by atoms with van der Waals surface area (Å²) in [6.45, 7) is 1.97. The number of aromatic nitrogens is 2. The fraction of sp³-hybridized carbons (Fsp3) is 0.346. The van der Waals surface area contributed by atoms with Gasteiger partial charge in [-0.2, -0.15) is 0 Å². The zero-order valence-corrected chi connectivity index (χ0v) is 21.3. The third-order valence-electron chi connectivity index (χ3n) is 5.67. The maximum atomic E-state index is 13.3. The van der Waals surface area contributed by atoms with Gasteiger partial charge < -0.3 is 18.9 Å². The minimum Gasteiger partial charge on any atom is -0.453 e. The lowest BCUT2D eigenvalue weighted by molar-refractivity contribution is -0.174. The topological polar surface area (TPSA) is 98.0 Å². The molecule has 0 N–H and O–H groups in total. The van der Waals surface area contributed by atoms with Crippen molar-refractivity contribution in [3.05, 3.63) is 104 Å². The molecule has 0 saturated carbocycles. The summed E-state index contributed by atoms with van der Waals surface area (Å²) < 4.78 is 25.4. The van der Waals surface area contributed by atoms with Crippen LogP contribution in [0.4, 0.5) is 0 Å². The van der Waals surface area contributed by atoms with Crippen LogP contribution in [-0.4, -0.2) is 39.4 Å². The number of nitrogens with zero attached hydrogens (tertiary/aromatic N) is 2. The highest BCUT2D eigenvalue weighted by Gasteiger charge is 2.40. The molecule has 4 rings (SSSR count). The molecule has 1 aliphatic rings. The van der Waals surface area contributed by atoms with E-state index < -0.39 is 35.8 Å². The molecule has 2 heterocycles. The Morgan fingerprint density at radius 1 is 1.08 bits per heavy atom. The molecule has 10 heteroatoms. The average molecular weight is 559 g/mol. The maximum Gasteiger partial charge on any atom is 0.338 e. The van der Waals surface area contributed by atoms with Gasteiger partial charge in [0.1, 0.15) is 13.0 Å². The van der Waals surface area contributed by atoms with Crippen molar-refractivity contribution in [2.45, 2.75) is 45.3 Å². The van der Waals surface area contributed by atoms with E-state index >= 15 is 0 Å². The largest absolute Gasteiger partial charge is 0.453 e. The molecule has 2 aromatic carbocycles. The number of hydrogen-bond acceptors (Lipinski definition) is 7. The normalized spacial score (nSPS) is 19.3. The molecule has 190 valence electrons. The SMILES string of the molecule is Cc1cn([C@H]2C[C@H](OC(=O)c3ccccc3)[C@@H](OCCBr)O2)c(=O)n(COCc2ccccc2)c1=O. The monoisotopic (exact) mass is 558 g/mol. The van der Waals surface area contributed by atoms with Crippen LogP contribution >= 0.6 is 15.9 Å². The number of alkyl halides is 1. The predicted molar refractivity (Wildman–Crippen MR) is 135 cm³/mol. The Hall–Kier alpha value is -3.05. The van der Waals surface area contributed by atoms with E-state index in [-0.39, 0.29) is 19.8 Å². The van der Waals surface area contributed by atoms with Gasteiger partial charge in [-0.25, -0.2) is 14.2 Å². The molecular weight excluding hydrogens is 532 g/mol. The zero-order valence-electron chi connectivity index (χ0n) is 19.7. The van der Waals surface area contributed by atoms with Crippen molar-refractivity contribution in [1.82, 2.24) is 9.13 Å². The Labute approximate surface area is 216 Å². The Morgan fingerprint density at radius 3 is 2.47 bits per heavy atom. The van der Waals surface area contributed by atoms with Crippen LogP contribution < -0.4 is 11.2 Å². The Bertz CT molecular complexity index is 1280. The summed E-state index contributed by atoms with van der Waals surface area (Å²) in [7, 11) is 0. The van der Waals surface area contributed by atoms with Crippen molar-refractivity contribution in [3.8, 4) is 0 Å². The van der Waals surface area contributed by atoms with Crippen LogP contribution in [0.15, 0.2) is 76.4 Å². The maximum absolute atomic E-state index is 13.3. The highest BCUT2D eigenvalue weighted by Crippen LogP contribution is 2.31. The molecule has 0 radical (unpaired) electrons. The summed E-state index contributed by atoms with van der Waals surface area (Å²) in [5.74, 6) is -0.514. The highest BCUT2D eigenvalue weighted by molar-refractivity contribution is 9.09. The number of hydrogen-bond donors (Lipinski definition) is 0. The summed E-state index contributed by atoms with van der Waals surface area (Å²) in [4.78, 5) is 38.6. The van der Waals surface area contributed by atoms with Gasteiger partial charge in [0, 0.05) is 23.5 Å². The predicted octanol–water partition coefficient (Wildman–Crippen LogP) is 3.37. The molecule has 1 aromatic heterocycles. The highest BCUT2D eigenvalue weighted by atomic mass is 79.9. The van der Waals surface area contributed by atoms with E-state index in [4.69, 9.17) is 18.9 Å². The van der Waals surface area contributed by atoms with Crippen LogP contribution in [0.5, 0.6) is 0 Å². The summed E-state index contributed by atoms with van der Waals surface area (Å²) in [6.07, 6.45) is -0.795. The van der Waals surface area contributed by atoms with Gasteiger partial charge in [0.15, 0.2) is 12.4 Å². The molecule has 9 nitrogen and oxygen atoms in total. The number of ether oxygens (including phenoxy) is 4. The quantitative estimate of drug-likeness (QED) is 0.278. The van der Waals surface area contributed by atoms with Crippen LogP contribution in [0, 0.1) is 6.92 Å². The lowest BCUT2D eigenvalue weighted by Gasteiger charge is -2.19. The second kappa shape index (κ2) is 12.3. The molecule has 0 unspecified atom stereocenters. The average Bonchev–Trinajstić information content (AvgIpc) is 3.30. The first-order chi connectivity index (χ1) is 17.5. The third-order valence-corrected chi connectivity index (χ3v) is 5.99. The molecule has 0 spiro atoms. The fourth-order valence-electron chi connectivity index (χ4n) is 3.89. The first-order valence-electron chi connectivity index (χ1n) is 11.5. The van der Waals surface area contributed by atoms with E-state index in [0.29, 0.717) is 23.1 Å². The molecule has 3 atom stereocenters. The van der Waals surface area contributed by atoms with Gasteiger partial charge in [-0.3, -0.25) is 9.36 Å². The van der Waals surface area contributed by atoms with Gasteiger partial charge in [-0.1, -0.05) is 64.5 Å². The van der Waals surface area contributed by atoms with Crippen molar-refractivity contribution in [3.63, 3.8) is 0 Å². The smallest absolute Gasteiger partial charge is 0.338 e. The number of rotatable bonds is 10. The van der Waals surface area contributed by atoms with E-state index in [0.717, 1.165) is 10.1 Å². The summed E-state index contributed by atoms with van der Waals surface area (Å²) >= 11 is 3.31. The molecule has 0 amide bonds. The molecule has 1 aliphatic heterocycles. The number of carbonyl (C=O) groups is 1. The third kappa shape index (κ3) is 6.19. The number of carbonyl (C=O) groups excluding carboxylic acids is 1. The summed E-state index contributed by atoms with van der Waals surface area (Å²) in [5, 5.41) is 0.555. The Morgan fingerprint density at radius 2 is 1.78 bits per heavy atom. The number of esters is 1. The van der Waals surface area contributed by atoms with Gasteiger partial charge in [0.25, 0.3) is 5.56 Å². The molecule has 0 bridgehead atoms. The van der Waals surface area contributed by atoms with E-state index in [1.165, 1.54) is 10.8 Å². The van der Waals surface area contributed by atoms with Crippen molar-refractivity contribution >= 4 is 21.9 Å². The Kier molecular flexibility index (Phi) is 8.87. The molecule has 0 aliphatic carbocycles. The minimum atomic E-state index is -0.873. The van der Waals surface area contributed by atoms with E-state index in [2.05, 4.69) is 15.9 Å². The van der Waals surface area contributed by atoms with Gasteiger partial charge in [0.05, 0.1) is 18.8 Å². The van der Waals surface area contributed by atoms with Gasteiger partial charge in [-0.15, -0.1) is 0 Å². The van der Waals surface area contributed by atoms with Crippen LogP contribution in [-0.2, 0) is 32.3 Å². The lowest BCUT2D eigenvalue weighted by atomic mass is 10.2. The van der Waals surface area contributed by atoms with Crippen molar-refractivity contribution in [2.75, 3.05) is 11.9 Å². The first-order valence-corrected chi connectivity index (χ1v) is 12.6. The number of halogens is 1. The second-order valence-electron chi connectivity index (χ2n) is 8.26. The molecule has 3 aromatic rings. The van der Waals surface area contributed by atoms with Crippen LogP contribution in [0.25, 0.3) is 0 Å². The van der Waals surface area contributed by atoms with Gasteiger partial charge in [0.2, 0.25) is 0 Å². The van der Waals surface area contributed by atoms with Crippen LogP contribution in [0.1, 0.15) is 34.1 Å². The van der Waals surface area contributed by atoms with E-state index in [1.54, 1.807) is 37.3 Å². The summed E-state index contributed by atoms with van der Waals surface area (Å²) in [6, 6.07) is 18.1. The first kappa shape index (κ1) is 26.0. The fourth-order valence-corrected chi connectivity index (χ4v) is 4.07. The van der Waals surface area contributed by atoms with E-state index in [1.807, 2.05) is 30.3 Å². The van der Waals surface area contributed by atoms with Crippen molar-refractivity contribution in [1.29, 1.82) is 0 Å². The number of aryl methyl sites for hydroxylation is 1. The number of benzene rings is 2. The second-order valence-corrected chi connectivity index (χ2v) is 9.06. The van der Waals surface area contributed by atoms with Crippen molar-refractivity contribution in [2.24, 2.45) is 0 Å². The molecule has 1 fully saturated rings. The molecule has 1 saturated heterocycles. The van der Waals surface area contributed by atoms with Gasteiger partial charge >= 0.3 is 11.7 Å². The lowest BCUT2D eigenvalue weighted by Crippen LogP contribution is -2.42. The zero-order chi connectivity index (χ0) is 25.5. The van der Waals surface area contributed by atoms with Crippen LogP contribution in [0.2, 0.25) is 0 Å². The van der Waals surface area contributed by atoms with Crippen molar-refractivity contribution < 1.29 is 23.7 Å². The Balaban J connectivity index is 1.53. The van der Waals surface area contributed by atoms with Crippen LogP contribution in [0.3, 0.4) is 0 Å². The molecule has 36 heavy (non-hydrogen) atoms. The molecular formula is C26H27BrN2O7. The minimum absolute atomic E-state index is 0.175. The van der Waals surface area contributed by atoms with E-state index in [9.17, 15) is 14.4 Å². The standard InChI is InChI=1S/C26H27BrN2O7/c1-18-15-28(26(32)29(23(18)30)17-33-16-19-8-4-2-5-9-19)22-14-21(25(36-22)34-13-12-27)35-24(31)20-10-6-3-7-11-20/h2-11,15,21-22,25H,12-14,16-17H2,1H3/t21-,22+,25-/m0/s1.